The van der Waals surface area contributed by atoms with E-state index in [1.165, 1.54) is 6.33 Å². The van der Waals surface area contributed by atoms with E-state index in [0.29, 0.717) is 11.4 Å². The molecule has 0 aliphatic rings. The summed E-state index contributed by atoms with van der Waals surface area (Å²) in [5, 5.41) is 9.34. The van der Waals surface area contributed by atoms with Crippen LogP contribution >= 0.6 is 0 Å². The van der Waals surface area contributed by atoms with Crippen molar-refractivity contribution in [2.75, 3.05) is 18.5 Å². The van der Waals surface area contributed by atoms with Crippen molar-refractivity contribution in [3.8, 4) is 11.4 Å². The van der Waals surface area contributed by atoms with E-state index in [9.17, 15) is 9.59 Å². The zero-order chi connectivity index (χ0) is 21.6. The fourth-order valence-electron chi connectivity index (χ4n) is 2.83. The van der Waals surface area contributed by atoms with Gasteiger partial charge in [-0.15, -0.1) is 0 Å². The SMILES string of the molecule is CC(C)(C)c1ccccc1OCC(=O)NCC(=O)Nc1ccc(-n2cncn2)cc1. The monoisotopic (exact) mass is 407 g/mol. The van der Waals surface area contributed by atoms with Crippen molar-refractivity contribution in [3.63, 3.8) is 0 Å². The van der Waals surface area contributed by atoms with Crippen LogP contribution in [0.4, 0.5) is 5.69 Å². The van der Waals surface area contributed by atoms with E-state index in [2.05, 4.69) is 41.5 Å². The van der Waals surface area contributed by atoms with Crippen molar-refractivity contribution in [2.45, 2.75) is 26.2 Å². The predicted molar refractivity (Wildman–Crippen MR) is 114 cm³/mol. The maximum atomic E-state index is 12.1. The van der Waals surface area contributed by atoms with Crippen molar-refractivity contribution in [1.29, 1.82) is 0 Å². The third-order valence-electron chi connectivity index (χ3n) is 4.33. The quantitative estimate of drug-likeness (QED) is 0.628. The van der Waals surface area contributed by atoms with Gasteiger partial charge < -0.3 is 15.4 Å². The summed E-state index contributed by atoms with van der Waals surface area (Å²) in [6.07, 6.45) is 3.04. The molecule has 0 unspecified atom stereocenters. The molecule has 2 aromatic carbocycles. The van der Waals surface area contributed by atoms with Gasteiger partial charge in [0.1, 0.15) is 18.4 Å². The average molecular weight is 407 g/mol. The van der Waals surface area contributed by atoms with Crippen LogP contribution in [0.25, 0.3) is 5.69 Å². The van der Waals surface area contributed by atoms with Crippen molar-refractivity contribution in [3.05, 3.63) is 66.7 Å². The molecule has 0 bridgehead atoms. The van der Waals surface area contributed by atoms with E-state index in [0.717, 1.165) is 11.3 Å². The molecule has 0 aliphatic heterocycles. The number of rotatable bonds is 7. The lowest BCUT2D eigenvalue weighted by molar-refractivity contribution is -0.125. The number of carbonyl (C=O) groups is 2. The Morgan fingerprint density at radius 2 is 1.77 bits per heavy atom. The topological polar surface area (TPSA) is 98.1 Å². The van der Waals surface area contributed by atoms with Crippen molar-refractivity contribution in [2.24, 2.45) is 0 Å². The van der Waals surface area contributed by atoms with Crippen molar-refractivity contribution < 1.29 is 14.3 Å². The van der Waals surface area contributed by atoms with E-state index in [1.54, 1.807) is 23.1 Å². The van der Waals surface area contributed by atoms with Crippen LogP contribution in [0.3, 0.4) is 0 Å². The smallest absolute Gasteiger partial charge is 0.258 e. The first-order valence-corrected chi connectivity index (χ1v) is 9.57. The van der Waals surface area contributed by atoms with Crippen LogP contribution in [-0.2, 0) is 15.0 Å². The summed E-state index contributed by atoms with van der Waals surface area (Å²) in [5.74, 6) is -0.0283. The van der Waals surface area contributed by atoms with E-state index < -0.39 is 0 Å². The Kier molecular flexibility index (Phi) is 6.46. The maximum Gasteiger partial charge on any atom is 0.258 e. The molecule has 0 radical (unpaired) electrons. The normalized spacial score (nSPS) is 11.0. The van der Waals surface area contributed by atoms with E-state index in [1.807, 2.05) is 36.4 Å². The minimum Gasteiger partial charge on any atom is -0.483 e. The molecule has 1 heterocycles. The first-order valence-electron chi connectivity index (χ1n) is 9.57. The molecule has 2 N–H and O–H groups in total. The minimum absolute atomic E-state index is 0.101. The molecule has 1 aromatic heterocycles. The van der Waals surface area contributed by atoms with Gasteiger partial charge in [0, 0.05) is 5.69 Å². The Labute approximate surface area is 175 Å². The highest BCUT2D eigenvalue weighted by atomic mass is 16.5. The number of anilines is 1. The molecule has 0 saturated heterocycles. The summed E-state index contributed by atoms with van der Waals surface area (Å²) in [6.45, 7) is 5.94. The molecule has 0 saturated carbocycles. The predicted octanol–water partition coefficient (Wildman–Crippen LogP) is 2.70. The van der Waals surface area contributed by atoms with Gasteiger partial charge in [-0.25, -0.2) is 9.67 Å². The molecule has 30 heavy (non-hydrogen) atoms. The zero-order valence-corrected chi connectivity index (χ0v) is 17.3. The van der Waals surface area contributed by atoms with E-state index in [4.69, 9.17) is 4.74 Å². The molecule has 0 aliphatic carbocycles. The van der Waals surface area contributed by atoms with E-state index in [-0.39, 0.29) is 30.4 Å². The molecule has 3 aromatic rings. The van der Waals surface area contributed by atoms with Gasteiger partial charge in [-0.3, -0.25) is 9.59 Å². The van der Waals surface area contributed by atoms with Gasteiger partial charge in [0.25, 0.3) is 5.91 Å². The fraction of sp³-hybridized carbons (Fsp3) is 0.273. The molecule has 3 rings (SSSR count). The number of hydrogen-bond donors (Lipinski definition) is 2. The number of ether oxygens (including phenoxy) is 1. The molecule has 8 heteroatoms. The summed E-state index contributed by atoms with van der Waals surface area (Å²) in [4.78, 5) is 28.1. The Morgan fingerprint density at radius 1 is 1.03 bits per heavy atom. The van der Waals surface area contributed by atoms with Gasteiger partial charge in [-0.05, 0) is 41.3 Å². The largest absolute Gasteiger partial charge is 0.483 e. The van der Waals surface area contributed by atoms with Gasteiger partial charge in [-0.1, -0.05) is 39.0 Å². The van der Waals surface area contributed by atoms with Crippen LogP contribution in [0, 0.1) is 0 Å². The number of nitrogens with one attached hydrogen (secondary N) is 2. The molecule has 156 valence electrons. The Bertz CT molecular complexity index is 992. The second-order valence-corrected chi connectivity index (χ2v) is 7.75. The second-order valence-electron chi connectivity index (χ2n) is 7.75. The van der Waals surface area contributed by atoms with Crippen LogP contribution in [-0.4, -0.2) is 39.7 Å². The van der Waals surface area contributed by atoms with Crippen LogP contribution in [0.5, 0.6) is 5.75 Å². The van der Waals surface area contributed by atoms with Crippen LogP contribution in [0.1, 0.15) is 26.3 Å². The number of carbonyl (C=O) groups excluding carboxylic acids is 2. The molecule has 8 nitrogen and oxygen atoms in total. The van der Waals surface area contributed by atoms with Gasteiger partial charge in [0.15, 0.2) is 6.61 Å². The molecule has 0 spiro atoms. The van der Waals surface area contributed by atoms with Crippen LogP contribution in [0.2, 0.25) is 0 Å². The summed E-state index contributed by atoms with van der Waals surface area (Å²) in [7, 11) is 0. The fourth-order valence-corrected chi connectivity index (χ4v) is 2.83. The number of hydrogen-bond acceptors (Lipinski definition) is 5. The second kappa shape index (κ2) is 9.21. The first kappa shape index (κ1) is 21.0. The van der Waals surface area contributed by atoms with Crippen molar-refractivity contribution in [1.82, 2.24) is 20.1 Å². The highest BCUT2D eigenvalue weighted by Gasteiger charge is 2.19. The molecular formula is C22H25N5O3. The third-order valence-corrected chi connectivity index (χ3v) is 4.33. The van der Waals surface area contributed by atoms with E-state index >= 15 is 0 Å². The Morgan fingerprint density at radius 3 is 2.43 bits per heavy atom. The lowest BCUT2D eigenvalue weighted by Gasteiger charge is -2.22. The van der Waals surface area contributed by atoms with Gasteiger partial charge in [0.2, 0.25) is 5.91 Å². The Balaban J connectivity index is 1.45. The highest BCUT2D eigenvalue weighted by Crippen LogP contribution is 2.30. The molecular weight excluding hydrogens is 382 g/mol. The number of aromatic nitrogens is 3. The summed E-state index contributed by atoms with van der Waals surface area (Å²) >= 11 is 0. The van der Waals surface area contributed by atoms with Crippen LogP contribution < -0.4 is 15.4 Å². The number of amides is 2. The lowest BCUT2D eigenvalue weighted by atomic mass is 9.86. The zero-order valence-electron chi connectivity index (χ0n) is 17.3. The summed E-state index contributed by atoms with van der Waals surface area (Å²) in [6, 6.07) is 14.7. The minimum atomic E-state index is -0.365. The molecule has 2 amide bonds. The van der Waals surface area contributed by atoms with Gasteiger partial charge in [0.05, 0.1) is 12.2 Å². The standard InChI is InChI=1S/C22H25N5O3/c1-22(2,3)18-6-4-5-7-19(18)30-13-21(29)24-12-20(28)26-16-8-10-17(11-9-16)27-15-23-14-25-27/h4-11,14-15H,12-13H2,1-3H3,(H,24,29)(H,26,28). The average Bonchev–Trinajstić information content (AvgIpc) is 3.26. The van der Waals surface area contributed by atoms with Crippen LogP contribution in [0.15, 0.2) is 61.2 Å². The third kappa shape index (κ3) is 5.66. The van der Waals surface area contributed by atoms with Gasteiger partial charge >= 0.3 is 0 Å². The highest BCUT2D eigenvalue weighted by molar-refractivity contribution is 5.94. The molecule has 0 fully saturated rings. The number of nitrogens with zero attached hydrogens (tertiary/aromatic N) is 3. The Hall–Kier alpha value is -3.68. The first-order chi connectivity index (χ1) is 14.3. The van der Waals surface area contributed by atoms with Crippen molar-refractivity contribution >= 4 is 17.5 Å². The number of para-hydroxylation sites is 1. The summed E-state index contributed by atoms with van der Waals surface area (Å²) in [5.41, 5.74) is 2.36. The number of benzene rings is 2. The molecule has 0 atom stereocenters. The lowest BCUT2D eigenvalue weighted by Crippen LogP contribution is -2.36. The maximum absolute atomic E-state index is 12.1. The summed E-state index contributed by atoms with van der Waals surface area (Å²) < 4.78 is 7.28. The van der Waals surface area contributed by atoms with Gasteiger partial charge in [-0.2, -0.15) is 5.10 Å².